The van der Waals surface area contributed by atoms with Crippen molar-refractivity contribution in [3.8, 4) is 5.75 Å². The second kappa shape index (κ2) is 5.76. The SMILES string of the molecule is CC(C)C(=O)c1ccn(CC2CCOc3ccccc32)c1. The number of ketones is 1. The molecule has 1 aromatic carbocycles. The monoisotopic (exact) mass is 283 g/mol. The maximum Gasteiger partial charge on any atom is 0.166 e. The molecular weight excluding hydrogens is 262 g/mol. The molecule has 2 aromatic rings. The van der Waals surface area contributed by atoms with Gasteiger partial charge < -0.3 is 9.30 Å². The van der Waals surface area contributed by atoms with Crippen LogP contribution in [0.2, 0.25) is 0 Å². The molecular formula is C18H21NO2. The summed E-state index contributed by atoms with van der Waals surface area (Å²) < 4.78 is 7.83. The molecule has 0 bridgehead atoms. The van der Waals surface area contributed by atoms with Crippen molar-refractivity contribution in [1.82, 2.24) is 4.57 Å². The molecule has 1 aliphatic heterocycles. The summed E-state index contributed by atoms with van der Waals surface area (Å²) in [6, 6.07) is 10.2. The van der Waals surface area contributed by atoms with Gasteiger partial charge in [0.1, 0.15) is 5.75 Å². The molecule has 1 aliphatic rings. The van der Waals surface area contributed by atoms with E-state index in [2.05, 4.69) is 16.7 Å². The van der Waals surface area contributed by atoms with Gasteiger partial charge in [-0.25, -0.2) is 0 Å². The van der Waals surface area contributed by atoms with Gasteiger partial charge in [0.05, 0.1) is 6.61 Å². The van der Waals surface area contributed by atoms with Crippen LogP contribution >= 0.6 is 0 Å². The van der Waals surface area contributed by atoms with Crippen molar-refractivity contribution in [2.45, 2.75) is 32.7 Å². The van der Waals surface area contributed by atoms with Crippen LogP contribution in [-0.4, -0.2) is 17.0 Å². The van der Waals surface area contributed by atoms with Gasteiger partial charge in [-0.05, 0) is 24.1 Å². The summed E-state index contributed by atoms with van der Waals surface area (Å²) >= 11 is 0. The van der Waals surface area contributed by atoms with E-state index in [9.17, 15) is 4.79 Å². The number of Topliss-reactive ketones (excluding diaryl/α,β-unsaturated/α-hetero) is 1. The Morgan fingerprint density at radius 2 is 2.14 bits per heavy atom. The first-order valence-corrected chi connectivity index (χ1v) is 7.57. The highest BCUT2D eigenvalue weighted by molar-refractivity contribution is 5.97. The number of hydrogen-bond acceptors (Lipinski definition) is 2. The van der Waals surface area contributed by atoms with E-state index in [0.29, 0.717) is 5.92 Å². The average Bonchev–Trinajstić information content (AvgIpc) is 2.95. The minimum absolute atomic E-state index is 0.0460. The maximum atomic E-state index is 12.0. The van der Waals surface area contributed by atoms with E-state index in [0.717, 1.165) is 30.9 Å². The fourth-order valence-electron chi connectivity index (χ4n) is 2.89. The predicted molar refractivity (Wildman–Crippen MR) is 82.9 cm³/mol. The van der Waals surface area contributed by atoms with Crippen molar-refractivity contribution >= 4 is 5.78 Å². The van der Waals surface area contributed by atoms with Crippen LogP contribution in [0.25, 0.3) is 0 Å². The lowest BCUT2D eigenvalue weighted by molar-refractivity contribution is 0.0939. The smallest absolute Gasteiger partial charge is 0.166 e. The van der Waals surface area contributed by atoms with Gasteiger partial charge in [-0.3, -0.25) is 4.79 Å². The minimum Gasteiger partial charge on any atom is -0.493 e. The standard InChI is InChI=1S/C18H21NO2/c1-13(2)18(20)15-7-9-19(12-15)11-14-8-10-21-17-6-4-3-5-16(14)17/h3-7,9,12-14H,8,10-11H2,1-2H3. The van der Waals surface area contributed by atoms with Gasteiger partial charge in [0.25, 0.3) is 0 Å². The fourth-order valence-corrected chi connectivity index (χ4v) is 2.89. The second-order valence-electron chi connectivity index (χ2n) is 5.99. The molecule has 1 unspecified atom stereocenters. The second-order valence-corrected chi connectivity index (χ2v) is 5.99. The van der Waals surface area contributed by atoms with Crippen LogP contribution in [0.3, 0.4) is 0 Å². The van der Waals surface area contributed by atoms with E-state index >= 15 is 0 Å². The topological polar surface area (TPSA) is 31.2 Å². The molecule has 2 heterocycles. The van der Waals surface area contributed by atoms with E-state index < -0.39 is 0 Å². The van der Waals surface area contributed by atoms with Gasteiger partial charge in [-0.2, -0.15) is 0 Å². The Bertz CT molecular complexity index is 642. The number of ether oxygens (including phenoxy) is 1. The van der Waals surface area contributed by atoms with Gasteiger partial charge in [0.15, 0.2) is 5.78 Å². The molecule has 3 rings (SSSR count). The lowest BCUT2D eigenvalue weighted by Crippen LogP contribution is -2.18. The van der Waals surface area contributed by atoms with Crippen LogP contribution in [0.15, 0.2) is 42.7 Å². The Morgan fingerprint density at radius 3 is 2.95 bits per heavy atom. The number of hydrogen-bond donors (Lipinski definition) is 0. The van der Waals surface area contributed by atoms with Crippen LogP contribution in [0.4, 0.5) is 0 Å². The number of carbonyl (C=O) groups excluding carboxylic acids is 1. The van der Waals surface area contributed by atoms with Crippen molar-refractivity contribution < 1.29 is 9.53 Å². The summed E-state index contributed by atoms with van der Waals surface area (Å²) in [7, 11) is 0. The number of para-hydroxylation sites is 1. The van der Waals surface area contributed by atoms with Crippen LogP contribution in [0.5, 0.6) is 5.75 Å². The van der Waals surface area contributed by atoms with Crippen molar-refractivity contribution in [1.29, 1.82) is 0 Å². The molecule has 0 fully saturated rings. The Kier molecular flexibility index (Phi) is 3.82. The molecule has 3 nitrogen and oxygen atoms in total. The Hall–Kier alpha value is -2.03. The summed E-state index contributed by atoms with van der Waals surface area (Å²) in [5, 5.41) is 0. The molecule has 0 spiro atoms. The normalized spacial score (nSPS) is 17.4. The lowest BCUT2D eigenvalue weighted by Gasteiger charge is -2.26. The first-order valence-electron chi connectivity index (χ1n) is 7.57. The average molecular weight is 283 g/mol. The third kappa shape index (κ3) is 2.87. The number of rotatable bonds is 4. The first kappa shape index (κ1) is 13.9. The number of benzene rings is 1. The van der Waals surface area contributed by atoms with Gasteiger partial charge in [-0.1, -0.05) is 32.0 Å². The number of aromatic nitrogens is 1. The molecule has 3 heteroatoms. The third-order valence-corrected chi connectivity index (χ3v) is 4.07. The summed E-state index contributed by atoms with van der Waals surface area (Å²) in [6.45, 7) is 5.54. The van der Waals surface area contributed by atoms with Gasteiger partial charge in [0, 0.05) is 36.3 Å². The van der Waals surface area contributed by atoms with Gasteiger partial charge in [-0.15, -0.1) is 0 Å². The third-order valence-electron chi connectivity index (χ3n) is 4.07. The summed E-state index contributed by atoms with van der Waals surface area (Å²) in [6.07, 6.45) is 5.00. The van der Waals surface area contributed by atoms with Crippen molar-refractivity contribution in [2.75, 3.05) is 6.61 Å². The van der Waals surface area contributed by atoms with Crippen LogP contribution < -0.4 is 4.74 Å². The molecule has 1 atom stereocenters. The Balaban J connectivity index is 1.78. The molecule has 0 aliphatic carbocycles. The van der Waals surface area contributed by atoms with Crippen LogP contribution in [-0.2, 0) is 6.54 Å². The molecule has 0 amide bonds. The summed E-state index contributed by atoms with van der Waals surface area (Å²) in [5.41, 5.74) is 2.08. The molecule has 0 saturated carbocycles. The Morgan fingerprint density at radius 1 is 1.33 bits per heavy atom. The van der Waals surface area contributed by atoms with E-state index in [1.807, 2.05) is 44.4 Å². The zero-order valence-electron chi connectivity index (χ0n) is 12.6. The fraction of sp³-hybridized carbons (Fsp3) is 0.389. The number of fused-ring (bicyclic) bond motifs is 1. The van der Waals surface area contributed by atoms with Crippen molar-refractivity contribution in [2.24, 2.45) is 5.92 Å². The molecule has 0 N–H and O–H groups in total. The first-order chi connectivity index (χ1) is 10.1. The Labute approximate surface area is 125 Å². The minimum atomic E-state index is 0.0460. The van der Waals surface area contributed by atoms with Crippen LogP contribution in [0, 0.1) is 5.92 Å². The maximum absolute atomic E-state index is 12.0. The molecule has 110 valence electrons. The van der Waals surface area contributed by atoms with Crippen LogP contribution in [0.1, 0.15) is 42.1 Å². The lowest BCUT2D eigenvalue weighted by atomic mass is 9.93. The molecule has 0 radical (unpaired) electrons. The van der Waals surface area contributed by atoms with E-state index in [4.69, 9.17) is 4.74 Å². The van der Waals surface area contributed by atoms with E-state index in [-0.39, 0.29) is 11.7 Å². The largest absolute Gasteiger partial charge is 0.493 e. The summed E-state index contributed by atoms with van der Waals surface area (Å²) in [4.78, 5) is 12.0. The number of carbonyl (C=O) groups is 1. The van der Waals surface area contributed by atoms with E-state index in [1.165, 1.54) is 5.56 Å². The molecule has 21 heavy (non-hydrogen) atoms. The highest BCUT2D eigenvalue weighted by atomic mass is 16.5. The highest BCUT2D eigenvalue weighted by Gasteiger charge is 2.21. The zero-order chi connectivity index (χ0) is 14.8. The molecule has 1 aromatic heterocycles. The van der Waals surface area contributed by atoms with E-state index in [1.54, 1.807) is 0 Å². The highest BCUT2D eigenvalue weighted by Crippen LogP contribution is 2.34. The number of nitrogens with zero attached hydrogens (tertiary/aromatic N) is 1. The predicted octanol–water partition coefficient (Wildman–Crippen LogP) is 3.89. The quantitative estimate of drug-likeness (QED) is 0.797. The van der Waals surface area contributed by atoms with Crippen molar-refractivity contribution in [3.63, 3.8) is 0 Å². The zero-order valence-corrected chi connectivity index (χ0v) is 12.6. The van der Waals surface area contributed by atoms with Crippen molar-refractivity contribution in [3.05, 3.63) is 53.9 Å². The molecule has 0 saturated heterocycles. The van der Waals surface area contributed by atoms with Gasteiger partial charge >= 0.3 is 0 Å². The van der Waals surface area contributed by atoms with Gasteiger partial charge in [0.2, 0.25) is 0 Å². The summed E-state index contributed by atoms with van der Waals surface area (Å²) in [5.74, 6) is 1.70.